The van der Waals surface area contributed by atoms with Gasteiger partial charge < -0.3 is 14.6 Å². The van der Waals surface area contributed by atoms with Crippen LogP contribution in [0, 0.1) is 19.3 Å². The third-order valence-electron chi connectivity index (χ3n) is 3.96. The van der Waals surface area contributed by atoms with Gasteiger partial charge in [-0.15, -0.1) is 4.57 Å². The molecule has 0 spiro atoms. The van der Waals surface area contributed by atoms with Crippen molar-refractivity contribution in [2.24, 2.45) is 5.41 Å². The minimum Gasteiger partial charge on any atom is -0.485 e. The Morgan fingerprint density at radius 2 is 1.96 bits per heavy atom. The smallest absolute Gasteiger partial charge is 0.287 e. The third-order valence-corrected chi connectivity index (χ3v) is 3.96. The molecule has 1 N–H and O–H groups in total. The van der Waals surface area contributed by atoms with Crippen LogP contribution in [-0.2, 0) is 11.4 Å². The van der Waals surface area contributed by atoms with Gasteiger partial charge in [0, 0.05) is 17.5 Å². The molecule has 1 aromatic carbocycles. The van der Waals surface area contributed by atoms with Crippen LogP contribution in [0.4, 0.5) is 5.69 Å². The van der Waals surface area contributed by atoms with E-state index < -0.39 is 5.41 Å². The number of rotatable bonds is 4. The van der Waals surface area contributed by atoms with E-state index in [0.29, 0.717) is 28.5 Å². The van der Waals surface area contributed by atoms with Crippen molar-refractivity contribution in [1.82, 2.24) is 9.56 Å². The summed E-state index contributed by atoms with van der Waals surface area (Å²) in [6, 6.07) is 8.60. The van der Waals surface area contributed by atoms with Crippen molar-refractivity contribution in [3.8, 4) is 5.75 Å². The number of aryl methyl sites for hydroxylation is 2. The van der Waals surface area contributed by atoms with Crippen LogP contribution in [0.15, 0.2) is 39.6 Å². The molecule has 7 heteroatoms. The molecule has 0 saturated heterocycles. The molecule has 0 atom stereocenters. The lowest BCUT2D eigenvalue weighted by atomic mass is 9.95. The first kappa shape index (κ1) is 18.7. The summed E-state index contributed by atoms with van der Waals surface area (Å²) in [7, 11) is 0. The zero-order chi connectivity index (χ0) is 19.8. The van der Waals surface area contributed by atoms with Crippen molar-refractivity contribution in [2.75, 3.05) is 5.32 Å². The fourth-order valence-electron chi connectivity index (χ4n) is 2.48. The number of amides is 1. The van der Waals surface area contributed by atoms with Gasteiger partial charge in [-0.3, -0.25) is 9.59 Å². The molecule has 0 aliphatic rings. The number of nitrogens with one attached hydrogen (secondary N) is 1. The standard InChI is InChI=1S/C20H23N3O4/c1-12-6-7-16(15(8-12)22-19(25)20(3,4)5)26-11-14-10-18(24)23-17(21-14)9-13(2)27-23/h6-10H,11H2,1-5H3,(H,22,25). The number of hydrogen-bond donors (Lipinski definition) is 1. The predicted molar refractivity (Wildman–Crippen MR) is 102 cm³/mol. The highest BCUT2D eigenvalue weighted by Crippen LogP contribution is 2.28. The normalized spacial score (nSPS) is 11.6. The second-order valence-electron chi connectivity index (χ2n) is 7.58. The second-order valence-corrected chi connectivity index (χ2v) is 7.58. The van der Waals surface area contributed by atoms with Crippen LogP contribution >= 0.6 is 0 Å². The van der Waals surface area contributed by atoms with E-state index >= 15 is 0 Å². The summed E-state index contributed by atoms with van der Waals surface area (Å²) in [6.45, 7) is 9.32. The van der Waals surface area contributed by atoms with E-state index in [0.717, 1.165) is 10.1 Å². The molecule has 0 saturated carbocycles. The van der Waals surface area contributed by atoms with Crippen molar-refractivity contribution in [3.05, 3.63) is 57.7 Å². The Hall–Kier alpha value is -3.09. The number of carbonyl (C=O) groups excluding carboxylic acids is 1. The van der Waals surface area contributed by atoms with Crippen LogP contribution in [0.2, 0.25) is 0 Å². The Morgan fingerprint density at radius 3 is 2.67 bits per heavy atom. The van der Waals surface area contributed by atoms with E-state index in [2.05, 4.69) is 10.3 Å². The van der Waals surface area contributed by atoms with Crippen LogP contribution in [0.1, 0.15) is 37.8 Å². The molecular weight excluding hydrogens is 346 g/mol. The summed E-state index contributed by atoms with van der Waals surface area (Å²) < 4.78 is 12.3. The molecule has 0 bridgehead atoms. The maximum Gasteiger partial charge on any atom is 0.287 e. The molecule has 1 amide bonds. The van der Waals surface area contributed by atoms with Crippen LogP contribution < -0.4 is 15.6 Å². The van der Waals surface area contributed by atoms with E-state index in [1.54, 1.807) is 19.1 Å². The fraction of sp³-hybridized carbons (Fsp3) is 0.350. The van der Waals surface area contributed by atoms with E-state index in [1.807, 2.05) is 39.8 Å². The molecule has 3 rings (SSSR count). The van der Waals surface area contributed by atoms with Gasteiger partial charge in [0.2, 0.25) is 5.91 Å². The molecule has 0 radical (unpaired) electrons. The first-order valence-corrected chi connectivity index (χ1v) is 8.68. The summed E-state index contributed by atoms with van der Waals surface area (Å²) in [5.41, 5.74) is 1.67. The Bertz CT molecular complexity index is 1060. The van der Waals surface area contributed by atoms with Crippen LogP contribution in [-0.4, -0.2) is 15.5 Å². The van der Waals surface area contributed by atoms with Crippen LogP contribution in [0.3, 0.4) is 0 Å². The highest BCUT2D eigenvalue weighted by molar-refractivity contribution is 5.95. The molecular formula is C20H23N3O4. The molecule has 2 heterocycles. The highest BCUT2D eigenvalue weighted by Gasteiger charge is 2.22. The second kappa shape index (κ2) is 6.90. The van der Waals surface area contributed by atoms with Gasteiger partial charge in [0.15, 0.2) is 5.65 Å². The van der Waals surface area contributed by atoms with Gasteiger partial charge in [0.25, 0.3) is 5.56 Å². The summed E-state index contributed by atoms with van der Waals surface area (Å²) in [5, 5.41) is 2.91. The average Bonchev–Trinajstić information content (AvgIpc) is 2.94. The fourth-order valence-corrected chi connectivity index (χ4v) is 2.48. The average molecular weight is 369 g/mol. The number of aromatic nitrogens is 2. The lowest BCUT2D eigenvalue weighted by Crippen LogP contribution is -2.27. The molecule has 27 heavy (non-hydrogen) atoms. The monoisotopic (exact) mass is 369 g/mol. The van der Waals surface area contributed by atoms with Crippen LogP contribution in [0.5, 0.6) is 5.75 Å². The maximum atomic E-state index is 12.3. The molecule has 0 unspecified atom stereocenters. The minimum absolute atomic E-state index is 0.0947. The highest BCUT2D eigenvalue weighted by atomic mass is 16.5. The Morgan fingerprint density at radius 1 is 1.22 bits per heavy atom. The Kier molecular flexibility index (Phi) is 4.78. The topological polar surface area (TPSA) is 85.8 Å². The molecule has 0 aliphatic heterocycles. The van der Waals surface area contributed by atoms with Crippen LogP contribution in [0.25, 0.3) is 5.65 Å². The number of fused-ring (bicyclic) bond motifs is 1. The van der Waals surface area contributed by atoms with Crippen molar-refractivity contribution in [2.45, 2.75) is 41.2 Å². The summed E-state index contributed by atoms with van der Waals surface area (Å²) in [5.74, 6) is 1.01. The van der Waals surface area contributed by atoms with Gasteiger partial charge >= 0.3 is 0 Å². The largest absolute Gasteiger partial charge is 0.485 e. The summed E-state index contributed by atoms with van der Waals surface area (Å²) >= 11 is 0. The van der Waals surface area contributed by atoms with Gasteiger partial charge in [-0.25, -0.2) is 4.98 Å². The Balaban J connectivity index is 1.84. The third kappa shape index (κ3) is 4.19. The molecule has 3 aromatic rings. The van der Waals surface area contributed by atoms with Gasteiger partial charge in [0.1, 0.15) is 18.1 Å². The van der Waals surface area contributed by atoms with Crippen molar-refractivity contribution < 1.29 is 14.1 Å². The number of benzene rings is 1. The lowest BCUT2D eigenvalue weighted by molar-refractivity contribution is -0.123. The maximum absolute atomic E-state index is 12.3. The van der Waals surface area contributed by atoms with E-state index in [1.165, 1.54) is 6.07 Å². The summed E-state index contributed by atoms with van der Waals surface area (Å²) in [4.78, 5) is 28.8. The number of ether oxygens (including phenoxy) is 1. The number of nitrogens with zero attached hydrogens (tertiary/aromatic N) is 2. The molecule has 142 valence electrons. The first-order valence-electron chi connectivity index (χ1n) is 8.68. The van der Waals surface area contributed by atoms with E-state index in [-0.39, 0.29) is 18.1 Å². The lowest BCUT2D eigenvalue weighted by Gasteiger charge is -2.20. The number of anilines is 1. The van der Waals surface area contributed by atoms with Gasteiger partial charge in [0.05, 0.1) is 11.4 Å². The molecule has 0 fully saturated rings. The quantitative estimate of drug-likeness (QED) is 0.761. The molecule has 7 nitrogen and oxygen atoms in total. The van der Waals surface area contributed by atoms with Gasteiger partial charge in [-0.05, 0) is 31.5 Å². The molecule has 0 aliphatic carbocycles. The zero-order valence-corrected chi connectivity index (χ0v) is 16.1. The van der Waals surface area contributed by atoms with E-state index in [9.17, 15) is 9.59 Å². The zero-order valence-electron chi connectivity index (χ0n) is 16.1. The minimum atomic E-state index is -0.526. The molecule has 2 aromatic heterocycles. The summed E-state index contributed by atoms with van der Waals surface area (Å²) in [6.07, 6.45) is 0. The van der Waals surface area contributed by atoms with Crippen molar-refractivity contribution in [3.63, 3.8) is 0 Å². The SMILES string of the molecule is Cc1ccc(OCc2cc(=O)n3oc(C)cc3n2)c(NC(=O)C(C)(C)C)c1. The first-order chi connectivity index (χ1) is 12.6. The van der Waals surface area contributed by atoms with E-state index in [4.69, 9.17) is 9.26 Å². The van der Waals surface area contributed by atoms with Gasteiger partial charge in [-0.1, -0.05) is 26.8 Å². The number of hydrogen-bond acceptors (Lipinski definition) is 5. The van der Waals surface area contributed by atoms with Crippen molar-refractivity contribution in [1.29, 1.82) is 0 Å². The van der Waals surface area contributed by atoms with Crippen molar-refractivity contribution >= 4 is 17.2 Å². The predicted octanol–water partition coefficient (Wildman–Crippen LogP) is 3.47. The number of carbonyl (C=O) groups is 1. The van der Waals surface area contributed by atoms with Gasteiger partial charge in [-0.2, -0.15) is 0 Å². The Labute approximate surface area is 156 Å².